The summed E-state index contributed by atoms with van der Waals surface area (Å²) in [5, 5.41) is 0. The Kier molecular flexibility index (Phi) is 26.6. The first-order chi connectivity index (χ1) is 17.7. The van der Waals surface area contributed by atoms with E-state index in [2.05, 4.69) is 11.5 Å². The molecule has 0 unspecified atom stereocenters. The Morgan fingerprint density at radius 2 is 1.28 bits per heavy atom. The molecular formula is C23H42O13. The molecule has 0 aliphatic rings. The fraction of sp³-hybridized carbons (Fsp3) is 0.783. The van der Waals surface area contributed by atoms with Gasteiger partial charge in [-0.1, -0.05) is 6.58 Å². The lowest BCUT2D eigenvalue weighted by Crippen LogP contribution is -2.22. The molecular weight excluding hydrogens is 484 g/mol. The second-order valence-corrected chi connectivity index (χ2v) is 6.72. The minimum Gasteiger partial charge on any atom is -0.496 e. The predicted octanol–water partition coefficient (Wildman–Crippen LogP) is 1.22. The monoisotopic (exact) mass is 526 g/mol. The van der Waals surface area contributed by atoms with Gasteiger partial charge >= 0.3 is 0 Å². The fourth-order valence-corrected chi connectivity index (χ4v) is 2.35. The van der Waals surface area contributed by atoms with Gasteiger partial charge in [0.2, 0.25) is 0 Å². The van der Waals surface area contributed by atoms with Gasteiger partial charge in [-0.15, -0.1) is 0 Å². The molecule has 36 heavy (non-hydrogen) atoms. The number of aldehydes is 1. The topological polar surface area (TPSA) is 128 Å². The van der Waals surface area contributed by atoms with Crippen LogP contribution in [0.15, 0.2) is 24.2 Å². The molecule has 0 N–H and O–H groups in total. The Bertz CT molecular complexity index is 530. The molecule has 0 fully saturated rings. The van der Waals surface area contributed by atoms with Gasteiger partial charge in [0.05, 0.1) is 83.7 Å². The van der Waals surface area contributed by atoms with E-state index >= 15 is 0 Å². The SMILES string of the molecule is C=C(C[C@H](OCCOCCOOC)/C(C=O)=C\OCOCCOCOC)OCCOCCOCOC. The quantitative estimate of drug-likeness (QED) is 0.0264. The van der Waals surface area contributed by atoms with E-state index in [1.165, 1.54) is 20.5 Å². The largest absolute Gasteiger partial charge is 0.496 e. The van der Waals surface area contributed by atoms with Gasteiger partial charge in [0.15, 0.2) is 13.1 Å². The highest BCUT2D eigenvalue weighted by Gasteiger charge is 2.18. The third kappa shape index (κ3) is 22.8. The molecule has 0 aliphatic heterocycles. The van der Waals surface area contributed by atoms with E-state index in [9.17, 15) is 4.79 Å². The van der Waals surface area contributed by atoms with Crippen molar-refractivity contribution in [2.45, 2.75) is 12.5 Å². The molecule has 0 saturated heterocycles. The number of rotatable bonds is 29. The first-order valence-corrected chi connectivity index (χ1v) is 11.4. The molecule has 0 aromatic rings. The molecule has 0 aromatic heterocycles. The maximum Gasteiger partial charge on any atom is 0.188 e. The van der Waals surface area contributed by atoms with E-state index in [0.717, 1.165) is 0 Å². The highest BCUT2D eigenvalue weighted by Crippen LogP contribution is 2.16. The zero-order valence-corrected chi connectivity index (χ0v) is 21.6. The summed E-state index contributed by atoms with van der Waals surface area (Å²) in [6.07, 6.45) is 1.50. The molecule has 0 aromatic carbocycles. The minimum absolute atomic E-state index is 0.0636. The normalized spacial score (nSPS) is 12.5. The molecule has 0 amide bonds. The van der Waals surface area contributed by atoms with Crippen molar-refractivity contribution in [3.63, 3.8) is 0 Å². The van der Waals surface area contributed by atoms with Crippen LogP contribution in [0.4, 0.5) is 0 Å². The van der Waals surface area contributed by atoms with Crippen LogP contribution in [0.2, 0.25) is 0 Å². The van der Waals surface area contributed by atoms with Crippen LogP contribution in [0.1, 0.15) is 6.42 Å². The van der Waals surface area contributed by atoms with Crippen LogP contribution in [-0.2, 0) is 61.9 Å². The second kappa shape index (κ2) is 27.9. The van der Waals surface area contributed by atoms with E-state index in [1.807, 2.05) is 0 Å². The van der Waals surface area contributed by atoms with Crippen LogP contribution in [0.5, 0.6) is 0 Å². The number of hydrogen-bond acceptors (Lipinski definition) is 13. The van der Waals surface area contributed by atoms with Gasteiger partial charge in [0, 0.05) is 20.6 Å². The van der Waals surface area contributed by atoms with Gasteiger partial charge in [0.1, 0.15) is 26.8 Å². The molecule has 0 heterocycles. The van der Waals surface area contributed by atoms with E-state index in [0.29, 0.717) is 51.7 Å². The Morgan fingerprint density at radius 1 is 0.722 bits per heavy atom. The fourth-order valence-electron chi connectivity index (χ4n) is 2.35. The summed E-state index contributed by atoms with van der Waals surface area (Å²) in [5.74, 6) is 0.424. The van der Waals surface area contributed by atoms with Crippen LogP contribution in [-0.4, -0.2) is 120 Å². The van der Waals surface area contributed by atoms with Crippen molar-refractivity contribution in [3.8, 4) is 0 Å². The van der Waals surface area contributed by atoms with Crippen molar-refractivity contribution >= 4 is 6.29 Å². The molecule has 0 saturated carbocycles. The smallest absolute Gasteiger partial charge is 0.188 e. The van der Waals surface area contributed by atoms with E-state index < -0.39 is 6.10 Å². The van der Waals surface area contributed by atoms with Crippen LogP contribution >= 0.6 is 0 Å². The highest BCUT2D eigenvalue weighted by atomic mass is 17.2. The molecule has 13 heteroatoms. The molecule has 0 radical (unpaired) electrons. The van der Waals surface area contributed by atoms with E-state index in [1.54, 1.807) is 7.11 Å². The first-order valence-electron chi connectivity index (χ1n) is 11.4. The van der Waals surface area contributed by atoms with Crippen molar-refractivity contribution in [3.05, 3.63) is 24.2 Å². The van der Waals surface area contributed by atoms with Crippen molar-refractivity contribution in [2.75, 3.05) is 108 Å². The average Bonchev–Trinajstić information content (AvgIpc) is 2.88. The summed E-state index contributed by atoms with van der Waals surface area (Å²) in [6.45, 7) is 7.48. The van der Waals surface area contributed by atoms with Gasteiger partial charge < -0.3 is 47.4 Å². The summed E-state index contributed by atoms with van der Waals surface area (Å²) in [7, 11) is 4.50. The molecule has 0 aliphatic carbocycles. The van der Waals surface area contributed by atoms with Gasteiger partial charge in [-0.2, -0.15) is 0 Å². The lowest BCUT2D eigenvalue weighted by Gasteiger charge is -2.20. The molecule has 212 valence electrons. The van der Waals surface area contributed by atoms with E-state index in [-0.39, 0.29) is 58.8 Å². The highest BCUT2D eigenvalue weighted by molar-refractivity contribution is 5.74. The third-order valence-electron chi connectivity index (χ3n) is 3.95. The lowest BCUT2D eigenvalue weighted by molar-refractivity contribution is -0.278. The summed E-state index contributed by atoms with van der Waals surface area (Å²) in [5.41, 5.74) is 0.258. The van der Waals surface area contributed by atoms with Crippen LogP contribution in [0, 0.1) is 0 Å². The Hall–Kier alpha value is -1.65. The summed E-state index contributed by atoms with van der Waals surface area (Å²) >= 11 is 0. The van der Waals surface area contributed by atoms with Gasteiger partial charge in [0.25, 0.3) is 0 Å². The predicted molar refractivity (Wildman–Crippen MR) is 126 cm³/mol. The summed E-state index contributed by atoms with van der Waals surface area (Å²) < 4.78 is 52.6. The zero-order valence-electron chi connectivity index (χ0n) is 21.6. The van der Waals surface area contributed by atoms with Crippen LogP contribution in [0.3, 0.4) is 0 Å². The number of ether oxygens (including phenoxy) is 10. The van der Waals surface area contributed by atoms with Crippen molar-refractivity contribution in [2.24, 2.45) is 0 Å². The average molecular weight is 527 g/mol. The zero-order chi connectivity index (χ0) is 26.5. The molecule has 0 spiro atoms. The number of hydrogen-bond donors (Lipinski definition) is 0. The number of carbonyl (C=O) groups excluding carboxylic acids is 1. The standard InChI is InChI=1S/C23H42O13/c1-21(34-12-9-28-5-6-30-18-25-2)15-23(35-13-10-29-11-14-36-27-4)22(16-24)17-33-20-32-8-7-31-19-26-3/h16-17,23H,1,5-15,18-20H2,2-4H3/b22-17-/t23-/m0/s1. The maximum atomic E-state index is 11.7. The lowest BCUT2D eigenvalue weighted by atomic mass is 10.1. The maximum absolute atomic E-state index is 11.7. The Labute approximate surface area is 213 Å². The molecule has 0 rings (SSSR count). The molecule has 13 nitrogen and oxygen atoms in total. The van der Waals surface area contributed by atoms with Crippen LogP contribution < -0.4 is 0 Å². The van der Waals surface area contributed by atoms with Gasteiger partial charge in [-0.3, -0.25) is 4.79 Å². The van der Waals surface area contributed by atoms with Crippen molar-refractivity contribution < 1.29 is 61.9 Å². The van der Waals surface area contributed by atoms with Gasteiger partial charge in [-0.05, 0) is 0 Å². The second-order valence-electron chi connectivity index (χ2n) is 6.72. The molecule has 0 bridgehead atoms. The van der Waals surface area contributed by atoms with E-state index in [4.69, 9.17) is 52.3 Å². The third-order valence-corrected chi connectivity index (χ3v) is 3.95. The molecule has 1 atom stereocenters. The van der Waals surface area contributed by atoms with Crippen LogP contribution in [0.25, 0.3) is 0 Å². The van der Waals surface area contributed by atoms with Crippen molar-refractivity contribution in [1.82, 2.24) is 0 Å². The Balaban J connectivity index is 4.49. The van der Waals surface area contributed by atoms with Gasteiger partial charge in [-0.25, -0.2) is 9.78 Å². The first kappa shape index (κ1) is 34.4. The van der Waals surface area contributed by atoms with Crippen molar-refractivity contribution in [1.29, 1.82) is 0 Å². The minimum atomic E-state index is -0.665. The summed E-state index contributed by atoms with van der Waals surface area (Å²) in [6, 6.07) is 0. The summed E-state index contributed by atoms with van der Waals surface area (Å²) in [4.78, 5) is 20.9. The number of carbonyl (C=O) groups is 1. The number of methoxy groups -OCH3 is 2. The Morgan fingerprint density at radius 3 is 1.89 bits per heavy atom.